The molecule has 0 spiro atoms. The van der Waals surface area contributed by atoms with E-state index in [-0.39, 0.29) is 16.7 Å². The zero-order valence-electron chi connectivity index (χ0n) is 11.7. The van der Waals surface area contributed by atoms with Crippen LogP contribution in [0.3, 0.4) is 0 Å². The maximum atomic E-state index is 10.9. The molecule has 0 aliphatic heterocycles. The Balaban J connectivity index is 1.89. The highest BCUT2D eigenvalue weighted by Crippen LogP contribution is 2.23. The van der Waals surface area contributed by atoms with E-state index >= 15 is 0 Å². The Morgan fingerprint density at radius 3 is 2.76 bits per heavy atom. The number of rotatable bonds is 7. The van der Waals surface area contributed by atoms with E-state index in [0.29, 0.717) is 18.5 Å². The number of nitrogens with zero attached hydrogens (tertiary/aromatic N) is 1. The van der Waals surface area contributed by atoms with Crippen molar-refractivity contribution in [2.24, 2.45) is 0 Å². The Kier molecular flexibility index (Phi) is 5.44. The van der Waals surface area contributed by atoms with E-state index in [4.69, 9.17) is 0 Å². The average molecular weight is 306 g/mol. The number of aliphatic hydroxyl groups is 1. The summed E-state index contributed by atoms with van der Waals surface area (Å²) in [6.45, 7) is 2.38. The first-order chi connectivity index (χ1) is 10.1. The van der Waals surface area contributed by atoms with Gasteiger partial charge in [-0.3, -0.25) is 10.1 Å². The van der Waals surface area contributed by atoms with Crippen molar-refractivity contribution in [1.29, 1.82) is 0 Å². The molecular weight excluding hydrogens is 288 g/mol. The molecule has 1 aromatic heterocycles. The fourth-order valence-corrected chi connectivity index (χ4v) is 2.86. The Morgan fingerprint density at radius 1 is 1.33 bits per heavy atom. The minimum Gasteiger partial charge on any atom is -0.388 e. The molecule has 0 saturated heterocycles. The minimum atomic E-state index is -0.502. The molecule has 2 unspecified atom stereocenters. The van der Waals surface area contributed by atoms with Crippen LogP contribution in [0, 0.1) is 10.1 Å². The van der Waals surface area contributed by atoms with Crippen LogP contribution in [0.1, 0.15) is 29.9 Å². The lowest BCUT2D eigenvalue weighted by atomic mass is 10.1. The maximum absolute atomic E-state index is 10.9. The van der Waals surface area contributed by atoms with Gasteiger partial charge in [0.15, 0.2) is 0 Å². The van der Waals surface area contributed by atoms with Crippen molar-refractivity contribution < 1.29 is 10.0 Å². The number of aliphatic hydroxyl groups excluding tert-OH is 1. The molecule has 0 amide bonds. The van der Waals surface area contributed by atoms with Crippen LogP contribution in [-0.2, 0) is 6.54 Å². The smallest absolute Gasteiger partial charge is 0.273 e. The first-order valence-electron chi connectivity index (χ1n) is 6.75. The Labute approximate surface area is 127 Å². The van der Waals surface area contributed by atoms with E-state index in [0.717, 1.165) is 4.88 Å². The molecule has 2 rings (SSSR count). The number of benzene rings is 1. The lowest BCUT2D eigenvalue weighted by Gasteiger charge is -2.17. The van der Waals surface area contributed by atoms with Gasteiger partial charge in [0, 0.05) is 29.1 Å². The second-order valence-electron chi connectivity index (χ2n) is 4.93. The lowest BCUT2D eigenvalue weighted by molar-refractivity contribution is -0.385. The van der Waals surface area contributed by atoms with Gasteiger partial charge in [0.05, 0.1) is 11.0 Å². The van der Waals surface area contributed by atoms with Crippen LogP contribution in [0.2, 0.25) is 0 Å². The van der Waals surface area contributed by atoms with E-state index in [2.05, 4.69) is 5.32 Å². The number of nitro groups is 1. The van der Waals surface area contributed by atoms with Crippen LogP contribution in [0.15, 0.2) is 41.8 Å². The predicted molar refractivity (Wildman–Crippen MR) is 83.3 cm³/mol. The van der Waals surface area contributed by atoms with Gasteiger partial charge in [0.25, 0.3) is 5.69 Å². The standard InChI is InChI=1S/C15H18N2O3S/c1-11(9-14(18)15-7-4-8-21-15)16-10-12-5-2-3-6-13(12)17(19)20/h2-8,11,14,16,18H,9-10H2,1H3. The third-order valence-corrected chi connectivity index (χ3v) is 4.25. The van der Waals surface area contributed by atoms with E-state index in [9.17, 15) is 15.2 Å². The second kappa shape index (κ2) is 7.31. The first kappa shape index (κ1) is 15.6. The van der Waals surface area contributed by atoms with Gasteiger partial charge in [-0.05, 0) is 24.8 Å². The van der Waals surface area contributed by atoms with Crippen molar-refractivity contribution in [2.75, 3.05) is 0 Å². The summed E-state index contributed by atoms with van der Waals surface area (Å²) in [5.41, 5.74) is 0.774. The summed E-state index contributed by atoms with van der Waals surface area (Å²) in [6, 6.07) is 10.6. The second-order valence-corrected chi connectivity index (χ2v) is 5.91. The van der Waals surface area contributed by atoms with Crippen LogP contribution < -0.4 is 5.32 Å². The molecule has 0 saturated carbocycles. The predicted octanol–water partition coefficient (Wildman–Crippen LogP) is 3.26. The monoisotopic (exact) mass is 306 g/mol. The zero-order valence-corrected chi connectivity index (χ0v) is 12.5. The van der Waals surface area contributed by atoms with Gasteiger partial charge >= 0.3 is 0 Å². The van der Waals surface area contributed by atoms with Gasteiger partial charge < -0.3 is 10.4 Å². The van der Waals surface area contributed by atoms with Crippen molar-refractivity contribution in [3.8, 4) is 0 Å². The van der Waals surface area contributed by atoms with E-state index in [1.807, 2.05) is 24.4 Å². The molecule has 0 bridgehead atoms. The minimum absolute atomic E-state index is 0.0573. The molecule has 2 atom stereocenters. The molecule has 21 heavy (non-hydrogen) atoms. The number of nitrogens with one attached hydrogen (secondary N) is 1. The van der Waals surface area contributed by atoms with E-state index in [1.54, 1.807) is 18.2 Å². The van der Waals surface area contributed by atoms with Crippen LogP contribution in [0.25, 0.3) is 0 Å². The highest BCUT2D eigenvalue weighted by atomic mass is 32.1. The van der Waals surface area contributed by atoms with Gasteiger partial charge in [-0.2, -0.15) is 0 Å². The van der Waals surface area contributed by atoms with E-state index in [1.165, 1.54) is 17.4 Å². The van der Waals surface area contributed by atoms with Crippen molar-refractivity contribution >= 4 is 17.0 Å². The van der Waals surface area contributed by atoms with Crippen LogP contribution in [0.5, 0.6) is 0 Å². The topological polar surface area (TPSA) is 75.4 Å². The summed E-state index contributed by atoms with van der Waals surface area (Å²) in [6.07, 6.45) is 0.0690. The SMILES string of the molecule is CC(CC(O)c1cccs1)NCc1ccccc1[N+](=O)[O-]. The largest absolute Gasteiger partial charge is 0.388 e. The summed E-state index contributed by atoms with van der Waals surface area (Å²) in [5.74, 6) is 0. The van der Waals surface area contributed by atoms with Crippen molar-refractivity contribution in [3.63, 3.8) is 0 Å². The average Bonchev–Trinajstić information content (AvgIpc) is 2.99. The molecule has 0 aliphatic carbocycles. The van der Waals surface area contributed by atoms with Crippen LogP contribution >= 0.6 is 11.3 Å². The summed E-state index contributed by atoms with van der Waals surface area (Å²) in [5, 5.41) is 26.2. The molecular formula is C15H18N2O3S. The third kappa shape index (κ3) is 4.35. The molecule has 112 valence electrons. The quantitative estimate of drug-likeness (QED) is 0.608. The van der Waals surface area contributed by atoms with Crippen molar-refractivity contribution in [1.82, 2.24) is 5.32 Å². The first-order valence-corrected chi connectivity index (χ1v) is 7.63. The maximum Gasteiger partial charge on any atom is 0.273 e. The molecule has 6 heteroatoms. The molecule has 5 nitrogen and oxygen atoms in total. The van der Waals surface area contributed by atoms with Gasteiger partial charge in [0.2, 0.25) is 0 Å². The van der Waals surface area contributed by atoms with Crippen molar-refractivity contribution in [2.45, 2.75) is 32.0 Å². The highest BCUT2D eigenvalue weighted by molar-refractivity contribution is 7.10. The number of nitro benzene ring substituents is 1. The van der Waals surface area contributed by atoms with Gasteiger partial charge in [-0.1, -0.05) is 24.3 Å². The Morgan fingerprint density at radius 2 is 2.10 bits per heavy atom. The summed E-state index contributed by atoms with van der Waals surface area (Å²) >= 11 is 1.53. The molecule has 2 N–H and O–H groups in total. The Bertz CT molecular complexity index is 586. The third-order valence-electron chi connectivity index (χ3n) is 3.28. The number of hydrogen-bond donors (Lipinski definition) is 2. The normalized spacial score (nSPS) is 13.8. The number of para-hydroxylation sites is 1. The molecule has 0 fully saturated rings. The fraction of sp³-hybridized carbons (Fsp3) is 0.333. The molecule has 0 aliphatic rings. The van der Waals surface area contributed by atoms with Crippen LogP contribution in [0.4, 0.5) is 5.69 Å². The molecule has 1 aromatic carbocycles. The fourth-order valence-electron chi connectivity index (χ4n) is 2.14. The van der Waals surface area contributed by atoms with Crippen LogP contribution in [-0.4, -0.2) is 16.1 Å². The summed E-state index contributed by atoms with van der Waals surface area (Å²) in [4.78, 5) is 11.5. The molecule has 0 radical (unpaired) electrons. The van der Waals surface area contributed by atoms with Gasteiger partial charge in [-0.25, -0.2) is 0 Å². The number of hydrogen-bond acceptors (Lipinski definition) is 5. The van der Waals surface area contributed by atoms with Crippen molar-refractivity contribution in [3.05, 3.63) is 62.3 Å². The number of thiophene rings is 1. The van der Waals surface area contributed by atoms with Gasteiger partial charge in [-0.15, -0.1) is 11.3 Å². The molecule has 1 heterocycles. The highest BCUT2D eigenvalue weighted by Gasteiger charge is 2.15. The zero-order chi connectivity index (χ0) is 15.2. The summed E-state index contributed by atoms with van der Waals surface area (Å²) in [7, 11) is 0. The lowest BCUT2D eigenvalue weighted by Crippen LogP contribution is -2.27. The van der Waals surface area contributed by atoms with Gasteiger partial charge in [0.1, 0.15) is 0 Å². The molecule has 2 aromatic rings. The Hall–Kier alpha value is -1.76. The summed E-state index contributed by atoms with van der Waals surface area (Å²) < 4.78 is 0. The van der Waals surface area contributed by atoms with E-state index < -0.39 is 6.10 Å².